The van der Waals surface area contributed by atoms with Crippen LogP contribution in [0, 0.1) is 13.8 Å². The molecule has 1 amide bonds. The van der Waals surface area contributed by atoms with Crippen molar-refractivity contribution in [3.63, 3.8) is 0 Å². The van der Waals surface area contributed by atoms with Crippen molar-refractivity contribution in [1.29, 1.82) is 0 Å². The van der Waals surface area contributed by atoms with E-state index in [0.29, 0.717) is 6.42 Å². The summed E-state index contributed by atoms with van der Waals surface area (Å²) in [6, 6.07) is 3.89. The summed E-state index contributed by atoms with van der Waals surface area (Å²) in [5.74, 6) is 0.962. The molecule has 1 atom stereocenters. The van der Waals surface area contributed by atoms with Gasteiger partial charge in [0.2, 0.25) is 5.91 Å². The van der Waals surface area contributed by atoms with Crippen LogP contribution in [0.1, 0.15) is 41.5 Å². The van der Waals surface area contributed by atoms with Gasteiger partial charge in [0, 0.05) is 24.5 Å². The SMILES string of the molecule is Cc1noc(C)c1C1CCCN1C(=O)Cc1cccnc1. The zero-order valence-corrected chi connectivity index (χ0v) is 12.4. The average Bonchev–Trinajstić information content (AvgIpc) is 3.07. The molecule has 0 spiro atoms. The van der Waals surface area contributed by atoms with E-state index in [1.165, 1.54) is 0 Å². The predicted molar refractivity (Wildman–Crippen MR) is 77.6 cm³/mol. The number of rotatable bonds is 3. The standard InChI is InChI=1S/C16H19N3O2/c1-11-16(12(2)21-18-11)14-6-4-8-19(14)15(20)9-13-5-3-7-17-10-13/h3,5,7,10,14H,4,6,8-9H2,1-2H3. The van der Waals surface area contributed by atoms with Crippen LogP contribution in [0.4, 0.5) is 0 Å². The van der Waals surface area contributed by atoms with E-state index in [2.05, 4.69) is 10.1 Å². The number of likely N-dealkylation sites (tertiary alicyclic amines) is 1. The number of aryl methyl sites for hydroxylation is 2. The van der Waals surface area contributed by atoms with Gasteiger partial charge < -0.3 is 9.42 Å². The molecule has 1 aliphatic rings. The summed E-state index contributed by atoms with van der Waals surface area (Å²) >= 11 is 0. The number of hydrogen-bond acceptors (Lipinski definition) is 4. The molecule has 1 saturated heterocycles. The van der Waals surface area contributed by atoms with Crippen LogP contribution in [0.25, 0.3) is 0 Å². The highest BCUT2D eigenvalue weighted by atomic mass is 16.5. The Kier molecular flexibility index (Phi) is 3.73. The third kappa shape index (κ3) is 2.68. The third-order valence-electron chi connectivity index (χ3n) is 4.07. The molecule has 2 aromatic heterocycles. The lowest BCUT2D eigenvalue weighted by Gasteiger charge is -2.24. The monoisotopic (exact) mass is 285 g/mol. The molecule has 1 fully saturated rings. The van der Waals surface area contributed by atoms with Gasteiger partial charge in [0.25, 0.3) is 0 Å². The van der Waals surface area contributed by atoms with E-state index in [4.69, 9.17) is 4.52 Å². The highest BCUT2D eigenvalue weighted by Gasteiger charge is 2.33. The van der Waals surface area contributed by atoms with Crippen LogP contribution in [0.3, 0.4) is 0 Å². The van der Waals surface area contributed by atoms with Gasteiger partial charge in [-0.2, -0.15) is 0 Å². The molecule has 0 N–H and O–H groups in total. The summed E-state index contributed by atoms with van der Waals surface area (Å²) < 4.78 is 5.26. The van der Waals surface area contributed by atoms with Gasteiger partial charge in [-0.05, 0) is 38.3 Å². The molecule has 0 aliphatic carbocycles. The third-order valence-corrected chi connectivity index (χ3v) is 4.07. The second-order valence-electron chi connectivity index (χ2n) is 5.52. The number of carbonyl (C=O) groups excluding carboxylic acids is 1. The van der Waals surface area contributed by atoms with E-state index in [-0.39, 0.29) is 11.9 Å². The number of pyridine rings is 1. The van der Waals surface area contributed by atoms with Crippen molar-refractivity contribution in [2.45, 2.75) is 39.2 Å². The molecule has 3 rings (SSSR count). The molecule has 0 saturated carbocycles. The molecule has 1 unspecified atom stereocenters. The van der Waals surface area contributed by atoms with Gasteiger partial charge in [0.05, 0.1) is 18.2 Å². The number of hydrogen-bond donors (Lipinski definition) is 0. The zero-order valence-electron chi connectivity index (χ0n) is 12.4. The van der Waals surface area contributed by atoms with Crippen molar-refractivity contribution in [3.05, 3.63) is 47.1 Å². The Bertz CT molecular complexity index is 617. The van der Waals surface area contributed by atoms with Crippen molar-refractivity contribution in [2.24, 2.45) is 0 Å². The van der Waals surface area contributed by atoms with Gasteiger partial charge in [-0.1, -0.05) is 11.2 Å². The molecule has 0 aromatic carbocycles. The minimum Gasteiger partial charge on any atom is -0.361 e. The minimum atomic E-state index is 0.0976. The Morgan fingerprint density at radius 1 is 1.48 bits per heavy atom. The van der Waals surface area contributed by atoms with Crippen LogP contribution in [0.15, 0.2) is 29.0 Å². The summed E-state index contributed by atoms with van der Waals surface area (Å²) in [4.78, 5) is 18.6. The van der Waals surface area contributed by atoms with Crippen LogP contribution < -0.4 is 0 Å². The fourth-order valence-corrected chi connectivity index (χ4v) is 3.11. The molecule has 5 heteroatoms. The van der Waals surface area contributed by atoms with Gasteiger partial charge in [-0.3, -0.25) is 9.78 Å². The second-order valence-corrected chi connectivity index (χ2v) is 5.52. The molecule has 0 radical (unpaired) electrons. The molecule has 2 aromatic rings. The molecule has 110 valence electrons. The number of nitrogens with zero attached hydrogens (tertiary/aromatic N) is 3. The maximum atomic E-state index is 12.6. The van der Waals surface area contributed by atoms with Crippen molar-refractivity contribution >= 4 is 5.91 Å². The molecule has 0 bridgehead atoms. The number of aromatic nitrogens is 2. The summed E-state index contributed by atoms with van der Waals surface area (Å²) in [5, 5.41) is 4.02. The summed E-state index contributed by atoms with van der Waals surface area (Å²) in [6.07, 6.45) is 5.86. The Hall–Kier alpha value is -2.17. The van der Waals surface area contributed by atoms with Crippen molar-refractivity contribution in [1.82, 2.24) is 15.0 Å². The second kappa shape index (κ2) is 5.68. The fraction of sp³-hybridized carbons (Fsp3) is 0.438. The first kappa shape index (κ1) is 13.8. The Labute approximate surface area is 124 Å². The van der Waals surface area contributed by atoms with Crippen molar-refractivity contribution < 1.29 is 9.32 Å². The molecule has 5 nitrogen and oxygen atoms in total. The van der Waals surface area contributed by atoms with Gasteiger partial charge in [0.15, 0.2) is 0 Å². The number of amides is 1. The molecule has 1 aliphatic heterocycles. The van der Waals surface area contributed by atoms with Crippen molar-refractivity contribution in [2.75, 3.05) is 6.54 Å². The van der Waals surface area contributed by atoms with Crippen LogP contribution in [-0.2, 0) is 11.2 Å². The lowest BCUT2D eigenvalue weighted by atomic mass is 10.0. The fourth-order valence-electron chi connectivity index (χ4n) is 3.11. The van der Waals surface area contributed by atoms with Gasteiger partial charge in [-0.15, -0.1) is 0 Å². The summed E-state index contributed by atoms with van der Waals surface area (Å²) in [5.41, 5.74) is 2.91. The summed E-state index contributed by atoms with van der Waals surface area (Å²) in [6.45, 7) is 4.65. The van der Waals surface area contributed by atoms with E-state index >= 15 is 0 Å². The Morgan fingerprint density at radius 3 is 3.00 bits per heavy atom. The quantitative estimate of drug-likeness (QED) is 0.869. The first-order chi connectivity index (χ1) is 10.2. The summed E-state index contributed by atoms with van der Waals surface area (Å²) in [7, 11) is 0. The van der Waals surface area contributed by atoms with Gasteiger partial charge >= 0.3 is 0 Å². The first-order valence-electron chi connectivity index (χ1n) is 7.28. The Morgan fingerprint density at radius 2 is 2.33 bits per heavy atom. The van der Waals surface area contributed by atoms with Crippen molar-refractivity contribution in [3.8, 4) is 0 Å². The highest BCUT2D eigenvalue weighted by molar-refractivity contribution is 5.79. The van der Waals surface area contributed by atoms with E-state index in [0.717, 1.165) is 42.0 Å². The smallest absolute Gasteiger partial charge is 0.227 e. The average molecular weight is 285 g/mol. The number of carbonyl (C=O) groups is 1. The van der Waals surface area contributed by atoms with Crippen LogP contribution >= 0.6 is 0 Å². The zero-order chi connectivity index (χ0) is 14.8. The lowest BCUT2D eigenvalue weighted by Crippen LogP contribution is -2.32. The lowest BCUT2D eigenvalue weighted by molar-refractivity contribution is -0.131. The maximum Gasteiger partial charge on any atom is 0.227 e. The predicted octanol–water partition coefficient (Wildman–Crippen LogP) is 2.59. The van der Waals surface area contributed by atoms with Gasteiger partial charge in [0.1, 0.15) is 5.76 Å². The first-order valence-corrected chi connectivity index (χ1v) is 7.28. The molecular weight excluding hydrogens is 266 g/mol. The van der Waals surface area contributed by atoms with E-state index in [9.17, 15) is 4.79 Å². The van der Waals surface area contributed by atoms with Crippen LogP contribution in [0.2, 0.25) is 0 Å². The molecule has 21 heavy (non-hydrogen) atoms. The molecule has 3 heterocycles. The van der Waals surface area contributed by atoms with Crippen LogP contribution in [-0.4, -0.2) is 27.5 Å². The highest BCUT2D eigenvalue weighted by Crippen LogP contribution is 2.35. The normalized spacial score (nSPS) is 18.2. The topological polar surface area (TPSA) is 59.2 Å². The Balaban J connectivity index is 1.80. The van der Waals surface area contributed by atoms with E-state index in [1.807, 2.05) is 30.9 Å². The minimum absolute atomic E-state index is 0.0976. The van der Waals surface area contributed by atoms with E-state index in [1.54, 1.807) is 12.4 Å². The largest absolute Gasteiger partial charge is 0.361 e. The van der Waals surface area contributed by atoms with E-state index < -0.39 is 0 Å². The van der Waals surface area contributed by atoms with Crippen LogP contribution in [0.5, 0.6) is 0 Å². The molecular formula is C16H19N3O2. The van der Waals surface area contributed by atoms with Gasteiger partial charge in [-0.25, -0.2) is 0 Å². The maximum absolute atomic E-state index is 12.6.